The zero-order chi connectivity index (χ0) is 18.0. The van der Waals surface area contributed by atoms with E-state index in [1.165, 1.54) is 0 Å². The van der Waals surface area contributed by atoms with Crippen molar-refractivity contribution in [2.45, 2.75) is 12.1 Å². The van der Waals surface area contributed by atoms with E-state index in [0.29, 0.717) is 5.56 Å². The number of benzene rings is 2. The summed E-state index contributed by atoms with van der Waals surface area (Å²) in [5, 5.41) is 9.23. The molecule has 7 nitrogen and oxygen atoms in total. The lowest BCUT2D eigenvalue weighted by Gasteiger charge is -2.15. The lowest BCUT2D eigenvalue weighted by Crippen LogP contribution is -2.38. The number of rotatable bonds is 4. The predicted octanol–water partition coefficient (Wildman–Crippen LogP) is 1.16. The number of carbonyl (C=O) groups excluding carboxylic acids is 1. The van der Waals surface area contributed by atoms with Gasteiger partial charge in [0.2, 0.25) is 0 Å². The van der Waals surface area contributed by atoms with Crippen LogP contribution in [0.3, 0.4) is 0 Å². The summed E-state index contributed by atoms with van der Waals surface area (Å²) < 4.78 is 0. The van der Waals surface area contributed by atoms with Crippen molar-refractivity contribution in [1.82, 2.24) is 21.3 Å². The first-order chi connectivity index (χ1) is 12.0. The molecule has 4 N–H and O–H groups in total. The van der Waals surface area contributed by atoms with Gasteiger partial charge in [-0.05, 0) is 28.8 Å². The molecule has 1 saturated heterocycles. The first kappa shape index (κ1) is 17.1. The Morgan fingerprint density at radius 2 is 1.72 bits per heavy atom. The van der Waals surface area contributed by atoms with E-state index in [0.717, 1.165) is 16.7 Å². The molecular formula is C18H20N4O3. The van der Waals surface area contributed by atoms with Gasteiger partial charge in [0.05, 0.1) is 6.04 Å². The van der Waals surface area contributed by atoms with Crippen molar-refractivity contribution in [2.75, 3.05) is 14.1 Å². The van der Waals surface area contributed by atoms with E-state index < -0.39 is 12.0 Å². The first-order valence-electron chi connectivity index (χ1n) is 7.88. The third kappa shape index (κ3) is 3.53. The van der Waals surface area contributed by atoms with Gasteiger partial charge in [0.25, 0.3) is 5.91 Å². The van der Waals surface area contributed by atoms with E-state index in [-0.39, 0.29) is 11.9 Å². The molecule has 1 fully saturated rings. The highest BCUT2D eigenvalue weighted by Gasteiger charge is 2.33. The van der Waals surface area contributed by atoms with Gasteiger partial charge in [-0.15, -0.1) is 0 Å². The molecule has 2 aromatic rings. The number of nitrogens with zero attached hydrogens (tertiary/aromatic N) is 1. The van der Waals surface area contributed by atoms with Crippen LogP contribution in [0.1, 0.15) is 22.0 Å². The van der Waals surface area contributed by atoms with Gasteiger partial charge in [-0.2, -0.15) is 5.53 Å². The van der Waals surface area contributed by atoms with Gasteiger partial charge in [0.15, 0.2) is 0 Å². The molecule has 0 aliphatic carbocycles. The predicted molar refractivity (Wildman–Crippen MR) is 93.5 cm³/mol. The van der Waals surface area contributed by atoms with E-state index in [4.69, 9.17) is 0 Å². The maximum atomic E-state index is 12.1. The van der Waals surface area contributed by atoms with Crippen LogP contribution in [0.5, 0.6) is 0 Å². The molecule has 1 heterocycles. The molecule has 1 amide bonds. The minimum Gasteiger partial charge on any atom is -0.480 e. The van der Waals surface area contributed by atoms with Crippen LogP contribution in [-0.4, -0.2) is 42.0 Å². The molecule has 0 aromatic heterocycles. The monoisotopic (exact) mass is 340 g/mol. The lowest BCUT2D eigenvalue weighted by atomic mass is 9.97. The van der Waals surface area contributed by atoms with Gasteiger partial charge in [-0.3, -0.25) is 9.59 Å². The molecular weight excluding hydrogens is 320 g/mol. The van der Waals surface area contributed by atoms with Crippen LogP contribution < -0.4 is 16.4 Å². The van der Waals surface area contributed by atoms with Crippen molar-refractivity contribution in [1.29, 1.82) is 0 Å². The number of hydrogen-bond donors (Lipinski definition) is 4. The van der Waals surface area contributed by atoms with Crippen LogP contribution in [0.4, 0.5) is 0 Å². The highest BCUT2D eigenvalue weighted by molar-refractivity contribution is 5.95. The Hall–Kier alpha value is -2.74. The fourth-order valence-corrected chi connectivity index (χ4v) is 2.82. The number of carbonyl (C=O) groups is 2. The second-order valence-electron chi connectivity index (χ2n) is 6.11. The molecule has 2 unspecified atom stereocenters. The van der Waals surface area contributed by atoms with Gasteiger partial charge < -0.3 is 10.0 Å². The van der Waals surface area contributed by atoms with Crippen LogP contribution in [0.25, 0.3) is 11.1 Å². The second-order valence-corrected chi connectivity index (χ2v) is 6.11. The normalized spacial score (nSPS) is 19.6. The maximum Gasteiger partial charge on any atom is 0.324 e. The van der Waals surface area contributed by atoms with E-state index in [2.05, 4.69) is 16.4 Å². The maximum absolute atomic E-state index is 12.1. The van der Waals surface area contributed by atoms with Crippen LogP contribution in [-0.2, 0) is 4.79 Å². The van der Waals surface area contributed by atoms with Crippen molar-refractivity contribution in [3.63, 3.8) is 0 Å². The Morgan fingerprint density at radius 3 is 2.36 bits per heavy atom. The van der Waals surface area contributed by atoms with E-state index in [1.54, 1.807) is 25.1 Å². The molecule has 25 heavy (non-hydrogen) atoms. The average Bonchev–Trinajstić information content (AvgIpc) is 3.11. The summed E-state index contributed by atoms with van der Waals surface area (Å²) in [6.45, 7) is 0. The Balaban J connectivity index is 1.85. The molecule has 0 bridgehead atoms. The lowest BCUT2D eigenvalue weighted by molar-refractivity contribution is -0.139. The van der Waals surface area contributed by atoms with Gasteiger partial charge >= 0.3 is 5.97 Å². The molecule has 3 rings (SSSR count). The van der Waals surface area contributed by atoms with Crippen molar-refractivity contribution in [3.8, 4) is 11.1 Å². The van der Waals surface area contributed by atoms with Crippen LogP contribution >= 0.6 is 0 Å². The Kier molecular flexibility index (Phi) is 4.80. The molecule has 1 aliphatic heterocycles. The molecule has 0 spiro atoms. The molecule has 7 heteroatoms. The second kappa shape index (κ2) is 7.02. The average molecular weight is 340 g/mol. The molecule has 0 saturated carbocycles. The third-order valence-corrected chi connectivity index (χ3v) is 4.17. The van der Waals surface area contributed by atoms with Crippen LogP contribution in [0.2, 0.25) is 0 Å². The van der Waals surface area contributed by atoms with Crippen molar-refractivity contribution in [3.05, 3.63) is 59.7 Å². The summed E-state index contributed by atoms with van der Waals surface area (Å²) in [5.41, 5.74) is 11.6. The fourth-order valence-electron chi connectivity index (χ4n) is 2.82. The molecule has 0 radical (unpaired) electrons. The number of aliphatic carboxylic acids is 1. The van der Waals surface area contributed by atoms with Crippen molar-refractivity contribution < 1.29 is 14.7 Å². The van der Waals surface area contributed by atoms with Crippen molar-refractivity contribution in [2.24, 2.45) is 0 Å². The number of hydrogen-bond acceptors (Lipinski definition) is 5. The van der Waals surface area contributed by atoms with Gasteiger partial charge in [-0.25, -0.2) is 10.9 Å². The highest BCUT2D eigenvalue weighted by atomic mass is 16.4. The van der Waals surface area contributed by atoms with Crippen LogP contribution in [0.15, 0.2) is 48.5 Å². The van der Waals surface area contributed by atoms with Crippen molar-refractivity contribution >= 4 is 11.9 Å². The molecule has 1 aliphatic rings. The smallest absolute Gasteiger partial charge is 0.324 e. The largest absolute Gasteiger partial charge is 0.480 e. The zero-order valence-corrected chi connectivity index (χ0v) is 14.0. The zero-order valence-electron chi connectivity index (χ0n) is 14.0. The number of carboxylic acids is 1. The van der Waals surface area contributed by atoms with Gasteiger partial charge in [-0.1, -0.05) is 36.4 Å². The quantitative estimate of drug-likeness (QED) is 0.667. The summed E-state index contributed by atoms with van der Waals surface area (Å²) in [6, 6.07) is 14.0. The number of nitrogens with one attached hydrogen (secondary N) is 3. The topological polar surface area (TPSA) is 93.7 Å². The third-order valence-electron chi connectivity index (χ3n) is 4.17. The standard InChI is InChI=1S/C18H20N4O3/c1-22(2)17(23)14-5-3-4-13(10-14)11-6-8-12(9-7-11)15-16(18(24)25)20-21-19-15/h3-10,15-16,19-21H,1-2H3,(H,24,25). The minimum atomic E-state index is -0.929. The number of amides is 1. The summed E-state index contributed by atoms with van der Waals surface area (Å²) in [4.78, 5) is 24.9. The SMILES string of the molecule is CN(C)C(=O)c1cccc(-c2ccc(C3NNNC3C(=O)O)cc2)c1. The first-order valence-corrected chi connectivity index (χ1v) is 7.88. The highest BCUT2D eigenvalue weighted by Crippen LogP contribution is 2.25. The summed E-state index contributed by atoms with van der Waals surface area (Å²) in [7, 11) is 3.44. The number of carboxylic acid groups (broad SMARTS) is 1. The Labute approximate surface area is 145 Å². The Bertz CT molecular complexity index is 789. The van der Waals surface area contributed by atoms with Crippen LogP contribution in [0, 0.1) is 0 Å². The minimum absolute atomic E-state index is 0.0462. The molecule has 2 atom stereocenters. The Morgan fingerprint density at radius 1 is 1.00 bits per heavy atom. The summed E-state index contributed by atoms with van der Waals surface area (Å²) >= 11 is 0. The van der Waals surface area contributed by atoms with E-state index in [1.807, 2.05) is 42.5 Å². The number of hydrazine groups is 2. The van der Waals surface area contributed by atoms with Gasteiger partial charge in [0, 0.05) is 19.7 Å². The molecule has 130 valence electrons. The summed E-state index contributed by atoms with van der Waals surface area (Å²) in [5.74, 6) is -0.975. The fraction of sp³-hybridized carbons (Fsp3) is 0.222. The van der Waals surface area contributed by atoms with E-state index in [9.17, 15) is 14.7 Å². The van der Waals surface area contributed by atoms with E-state index >= 15 is 0 Å². The summed E-state index contributed by atoms with van der Waals surface area (Å²) in [6.07, 6.45) is 0. The molecule has 2 aromatic carbocycles. The van der Waals surface area contributed by atoms with Gasteiger partial charge in [0.1, 0.15) is 6.04 Å².